The minimum atomic E-state index is -1.06. The molecule has 9 N–H and O–H groups in total. The number of aliphatic hydroxyl groups excluding tert-OH is 6. The number of carbonyl (C=O) groups excluding carboxylic acids is 2. The molecule has 1 aliphatic rings. The monoisotopic (exact) mass is 900 g/mol. The standard InChI is InChI=1S/C18H20O6.C12H18O6.C10H12O4.2C2H6.CH3.K/c1-3-14(19)15(20)6-4-5-9-24-17-11-13(7-8-18(22)23)12(2)10-16(17)21;1-4-9(14)10(15)5-8(2)6-11(18-7-13)12(16)17-3;1-14-10(13)5-3-7-2-4-8(11)9(12)6-7;2*1-2;;/h3-4,6-9,12,19-21H,1,5,10H2,2H3,(H,22,23);4-5,11,13-15H,1,6-7H2,2-3H3;2,4,6,11-12H,3,5H2,1H3;2*1-2H3;1H3;/q-2;;;;;-1;+1/b6-4-,8-7+,15-14-;8-5+,10-9-;;;;;/t12-;11-;;;;;/m11...../s1. The Labute approximate surface area is 408 Å². The van der Waals surface area contributed by atoms with Crippen LogP contribution in [0.4, 0.5) is 0 Å². The number of methoxy groups -OCH3 is 2. The van der Waals surface area contributed by atoms with Gasteiger partial charge < -0.3 is 72.3 Å². The van der Waals surface area contributed by atoms with Crippen molar-refractivity contribution in [2.75, 3.05) is 21.0 Å². The van der Waals surface area contributed by atoms with Gasteiger partial charge in [0.05, 0.1) is 14.2 Å². The van der Waals surface area contributed by atoms with Crippen molar-refractivity contribution in [1.29, 1.82) is 0 Å². The molecular weight excluding hydrogens is 836 g/mol. The summed E-state index contributed by atoms with van der Waals surface area (Å²) in [5, 5.41) is 82.5. The van der Waals surface area contributed by atoms with Crippen LogP contribution in [-0.2, 0) is 39.8 Å². The first kappa shape index (κ1) is 66.3. The second-order valence-electron chi connectivity index (χ2n) is 11.4. The zero-order valence-electron chi connectivity index (χ0n) is 37.5. The molecule has 0 spiro atoms. The molecule has 0 aliphatic heterocycles. The fourth-order valence-corrected chi connectivity index (χ4v) is 4.11. The van der Waals surface area contributed by atoms with Crippen molar-refractivity contribution in [2.24, 2.45) is 5.92 Å². The van der Waals surface area contributed by atoms with Gasteiger partial charge in [-0.1, -0.05) is 59.4 Å². The van der Waals surface area contributed by atoms with Crippen molar-refractivity contribution < 1.29 is 131 Å². The Morgan fingerprint density at radius 1 is 0.903 bits per heavy atom. The van der Waals surface area contributed by atoms with Gasteiger partial charge >= 0.3 is 69.3 Å². The number of aliphatic carboxylic acids is 1. The van der Waals surface area contributed by atoms with Crippen LogP contribution >= 0.6 is 0 Å². The van der Waals surface area contributed by atoms with Gasteiger partial charge in [-0.05, 0) is 73.8 Å². The number of carboxylic acids is 1. The third-order valence-electron chi connectivity index (χ3n) is 7.09. The zero-order valence-corrected chi connectivity index (χ0v) is 40.7. The number of esters is 2. The fourth-order valence-electron chi connectivity index (χ4n) is 4.11. The van der Waals surface area contributed by atoms with Gasteiger partial charge in [0, 0.05) is 24.4 Å². The molecule has 16 nitrogen and oxygen atoms in total. The third-order valence-corrected chi connectivity index (χ3v) is 7.09. The molecule has 17 heteroatoms. The summed E-state index contributed by atoms with van der Waals surface area (Å²) in [4.78, 5) is 32.7. The van der Waals surface area contributed by atoms with E-state index in [9.17, 15) is 39.9 Å². The van der Waals surface area contributed by atoms with E-state index in [1.54, 1.807) is 13.0 Å². The minimum Gasteiger partial charge on any atom is -0.677 e. The Morgan fingerprint density at radius 2 is 1.48 bits per heavy atom. The molecule has 0 heterocycles. The van der Waals surface area contributed by atoms with E-state index in [0.717, 1.165) is 23.8 Å². The van der Waals surface area contributed by atoms with Crippen LogP contribution in [0.1, 0.15) is 72.8 Å². The number of carboxylic acid groups (broad SMARTS) is 1. The number of aliphatic hydroxyl groups is 6. The van der Waals surface area contributed by atoms with E-state index < -0.39 is 24.8 Å². The summed E-state index contributed by atoms with van der Waals surface area (Å²) in [5.41, 5.74) is 1.96. The maximum Gasteiger partial charge on any atom is 1.00 e. The molecule has 2 rings (SSSR count). The maximum atomic E-state index is 11.3. The van der Waals surface area contributed by atoms with Crippen molar-refractivity contribution in [3.05, 3.63) is 145 Å². The van der Waals surface area contributed by atoms with Crippen molar-refractivity contribution in [3.8, 4) is 11.5 Å². The van der Waals surface area contributed by atoms with E-state index in [-0.39, 0.29) is 130 Å². The summed E-state index contributed by atoms with van der Waals surface area (Å²) < 4.78 is 19.1. The molecule has 1 aromatic carbocycles. The molecule has 62 heavy (non-hydrogen) atoms. The van der Waals surface area contributed by atoms with E-state index in [0.29, 0.717) is 30.4 Å². The van der Waals surface area contributed by atoms with Crippen LogP contribution in [0, 0.1) is 26.0 Å². The van der Waals surface area contributed by atoms with Crippen LogP contribution in [0.15, 0.2) is 120 Å². The van der Waals surface area contributed by atoms with Gasteiger partial charge in [-0.25, -0.2) is 9.59 Å². The van der Waals surface area contributed by atoms with E-state index in [2.05, 4.69) is 28.7 Å². The van der Waals surface area contributed by atoms with Gasteiger partial charge in [0.2, 0.25) is 0 Å². The quantitative estimate of drug-likeness (QED) is 0.00961. The molecule has 344 valence electrons. The normalized spacial score (nSPS) is 14.2. The fraction of sp³-hybridized carbons (Fsp3) is 0.356. The molecule has 0 saturated carbocycles. The Balaban J connectivity index is -0.000000255. The molecule has 1 aromatic rings. The number of carbonyl (C=O) groups is 3. The largest absolute Gasteiger partial charge is 1.00 e. The van der Waals surface area contributed by atoms with Gasteiger partial charge in [-0.15, -0.1) is 24.6 Å². The second-order valence-corrected chi connectivity index (χ2v) is 11.4. The minimum absolute atomic E-state index is 0. The van der Waals surface area contributed by atoms with E-state index in [1.165, 1.54) is 57.3 Å². The number of ether oxygens (including phenoxy) is 4. The SMILES string of the molecule is C=C/C(O)=C(O)\C=C(/C)C[C@@H](OCO)C(=O)OC.C=C/C(O)=C(O)\C=C/C[CH-]OC1=C(O)C[C@@H](C)C(/C=C/C(=O)O)=[C-]1.CC.CC.COC(=O)CCc1ccc(O)c(O)c1.[CH3-].[K+]. The van der Waals surface area contributed by atoms with Crippen LogP contribution in [0.5, 0.6) is 11.5 Å². The van der Waals surface area contributed by atoms with Gasteiger partial charge in [-0.2, -0.15) is 12.2 Å². The number of benzene rings is 1. The molecule has 1 aliphatic carbocycles. The number of allylic oxidation sites excluding steroid dienone is 8. The Bertz CT molecular complexity index is 1720. The molecule has 0 bridgehead atoms. The summed E-state index contributed by atoms with van der Waals surface area (Å²) in [6, 6.07) is 4.47. The third kappa shape index (κ3) is 30.3. The van der Waals surface area contributed by atoms with Crippen molar-refractivity contribution in [2.45, 2.75) is 79.8 Å². The predicted molar refractivity (Wildman–Crippen MR) is 233 cm³/mol. The number of aryl methyl sites for hydroxylation is 1. The van der Waals surface area contributed by atoms with Gasteiger partial charge in [0.25, 0.3) is 0 Å². The molecule has 2 atom stereocenters. The number of hydrogen-bond donors (Lipinski definition) is 9. The van der Waals surface area contributed by atoms with Gasteiger partial charge in [0.1, 0.15) is 6.79 Å². The van der Waals surface area contributed by atoms with Gasteiger partial charge in [-0.3, -0.25) is 4.79 Å². The van der Waals surface area contributed by atoms with Crippen molar-refractivity contribution in [3.63, 3.8) is 0 Å². The van der Waals surface area contributed by atoms with Crippen molar-refractivity contribution >= 4 is 17.9 Å². The average Bonchev–Trinajstić information content (AvgIpc) is 3.24. The topological polar surface area (TPSA) is 270 Å². The number of aromatic hydroxyl groups is 2. The first-order chi connectivity index (χ1) is 28.4. The summed E-state index contributed by atoms with van der Waals surface area (Å²) >= 11 is 0. The number of phenolic OH excluding ortho intramolecular Hbond substituents is 2. The predicted octanol–water partition coefficient (Wildman–Crippen LogP) is 5.86. The van der Waals surface area contributed by atoms with E-state index in [4.69, 9.17) is 29.9 Å². The number of hydrogen-bond acceptors (Lipinski definition) is 15. The zero-order chi connectivity index (χ0) is 46.8. The van der Waals surface area contributed by atoms with Crippen LogP contribution in [0.3, 0.4) is 0 Å². The van der Waals surface area contributed by atoms with Crippen molar-refractivity contribution in [1.82, 2.24) is 0 Å². The summed E-state index contributed by atoms with van der Waals surface area (Å²) in [6.45, 7) is 18.8. The molecule has 0 amide bonds. The first-order valence-electron chi connectivity index (χ1n) is 18.6. The van der Waals surface area contributed by atoms with Crippen LogP contribution in [0.25, 0.3) is 0 Å². The summed E-state index contributed by atoms with van der Waals surface area (Å²) in [6.07, 6.45) is 12.1. The number of rotatable bonds is 18. The molecular formula is C45H65KO16-2. The molecule has 0 unspecified atom stereocenters. The first-order valence-corrected chi connectivity index (χ1v) is 18.6. The second kappa shape index (κ2) is 40.3. The molecule has 0 saturated heterocycles. The molecule has 0 radical (unpaired) electrons. The smallest absolute Gasteiger partial charge is 0.677 e. The van der Waals surface area contributed by atoms with E-state index >= 15 is 0 Å². The Hall–Kier alpha value is -4.75. The van der Waals surface area contributed by atoms with Gasteiger partial charge in [0.15, 0.2) is 40.6 Å². The summed E-state index contributed by atoms with van der Waals surface area (Å²) in [7, 11) is 2.53. The van der Waals surface area contributed by atoms with Crippen LogP contribution in [0.2, 0.25) is 0 Å². The molecule has 0 fully saturated rings. The van der Waals surface area contributed by atoms with Crippen LogP contribution in [-0.4, -0.2) is 91.0 Å². The average molecular weight is 901 g/mol. The Morgan fingerprint density at radius 3 is 1.98 bits per heavy atom. The Kier molecular flexibility index (Phi) is 43.2. The van der Waals surface area contributed by atoms with E-state index in [1.807, 2.05) is 34.6 Å². The number of phenols is 2. The van der Waals surface area contributed by atoms with Crippen LogP contribution < -0.4 is 51.4 Å². The maximum absolute atomic E-state index is 11.3. The molecule has 0 aromatic heterocycles. The summed E-state index contributed by atoms with van der Waals surface area (Å²) in [5.74, 6) is -3.63.